The molecule has 0 spiro atoms. The Morgan fingerprint density at radius 1 is 1.04 bits per heavy atom. The zero-order valence-corrected chi connectivity index (χ0v) is 14.6. The van der Waals surface area contributed by atoms with E-state index in [1.165, 1.54) is 0 Å². The first-order valence-electron chi connectivity index (χ1n) is 7.93. The molecule has 2 aromatic carbocycles. The van der Waals surface area contributed by atoms with Crippen molar-refractivity contribution in [3.8, 4) is 0 Å². The molecule has 0 aliphatic carbocycles. The summed E-state index contributed by atoms with van der Waals surface area (Å²) in [4.78, 5) is 24.1. The molecule has 0 saturated heterocycles. The maximum atomic E-state index is 12.0. The summed E-state index contributed by atoms with van der Waals surface area (Å²) in [6.45, 7) is 3.98. The number of anilines is 1. The maximum Gasteiger partial charge on any atom is 0.251 e. The van der Waals surface area contributed by atoms with Gasteiger partial charge in [0.05, 0.1) is 6.42 Å². The van der Waals surface area contributed by atoms with Crippen molar-refractivity contribution >= 4 is 29.1 Å². The van der Waals surface area contributed by atoms with Gasteiger partial charge in [-0.2, -0.15) is 0 Å². The van der Waals surface area contributed by atoms with Gasteiger partial charge >= 0.3 is 0 Å². The lowest BCUT2D eigenvalue weighted by molar-refractivity contribution is -0.115. The highest BCUT2D eigenvalue weighted by molar-refractivity contribution is 6.30. The third kappa shape index (κ3) is 5.39. The number of carbonyl (C=O) groups is 2. The zero-order chi connectivity index (χ0) is 17.5. The molecule has 1 atom stereocenters. The molecule has 2 rings (SSSR count). The summed E-state index contributed by atoms with van der Waals surface area (Å²) in [5.41, 5.74) is 2.13. The average molecular weight is 345 g/mol. The third-order valence-corrected chi connectivity index (χ3v) is 3.95. The van der Waals surface area contributed by atoms with Crippen LogP contribution in [0.15, 0.2) is 48.5 Å². The third-order valence-electron chi connectivity index (χ3n) is 3.70. The predicted molar refractivity (Wildman–Crippen MR) is 97.4 cm³/mol. The van der Waals surface area contributed by atoms with E-state index in [2.05, 4.69) is 10.6 Å². The Morgan fingerprint density at radius 3 is 2.25 bits per heavy atom. The van der Waals surface area contributed by atoms with Gasteiger partial charge in [-0.25, -0.2) is 0 Å². The van der Waals surface area contributed by atoms with Crippen LogP contribution >= 0.6 is 11.6 Å². The normalized spacial score (nSPS) is 11.6. The van der Waals surface area contributed by atoms with Crippen molar-refractivity contribution in [3.05, 3.63) is 64.7 Å². The standard InChI is InChI=1S/C19H21ClN2O2/c1-3-13(2)21-19(24)15-6-10-17(11-7-15)22-18(23)12-14-4-8-16(20)9-5-14/h4-11,13H,3,12H2,1-2H3,(H,21,24)(H,22,23). The van der Waals surface area contributed by atoms with Crippen LogP contribution in [0.25, 0.3) is 0 Å². The van der Waals surface area contributed by atoms with Crippen molar-refractivity contribution in [2.24, 2.45) is 0 Å². The van der Waals surface area contributed by atoms with Gasteiger partial charge in [0, 0.05) is 22.3 Å². The first-order valence-corrected chi connectivity index (χ1v) is 8.31. The van der Waals surface area contributed by atoms with Crippen LogP contribution in [-0.2, 0) is 11.2 Å². The molecule has 2 amide bonds. The van der Waals surface area contributed by atoms with Crippen LogP contribution < -0.4 is 10.6 Å². The predicted octanol–water partition coefficient (Wildman–Crippen LogP) is 4.05. The van der Waals surface area contributed by atoms with E-state index in [-0.39, 0.29) is 24.3 Å². The molecule has 2 aromatic rings. The lowest BCUT2D eigenvalue weighted by Crippen LogP contribution is -2.31. The minimum absolute atomic E-state index is 0.108. The van der Waals surface area contributed by atoms with Crippen LogP contribution in [0, 0.1) is 0 Å². The van der Waals surface area contributed by atoms with Crippen LogP contribution in [-0.4, -0.2) is 17.9 Å². The summed E-state index contributed by atoms with van der Waals surface area (Å²) in [5, 5.41) is 6.37. The van der Waals surface area contributed by atoms with E-state index in [1.807, 2.05) is 26.0 Å². The highest BCUT2D eigenvalue weighted by atomic mass is 35.5. The van der Waals surface area contributed by atoms with Gasteiger partial charge in [0.25, 0.3) is 5.91 Å². The van der Waals surface area contributed by atoms with Gasteiger partial charge < -0.3 is 10.6 Å². The summed E-state index contributed by atoms with van der Waals surface area (Å²) < 4.78 is 0. The van der Waals surface area contributed by atoms with Crippen molar-refractivity contribution in [1.29, 1.82) is 0 Å². The SMILES string of the molecule is CCC(C)NC(=O)c1ccc(NC(=O)Cc2ccc(Cl)cc2)cc1. The highest BCUT2D eigenvalue weighted by Crippen LogP contribution is 2.13. The van der Waals surface area contributed by atoms with Gasteiger partial charge in [0.2, 0.25) is 5.91 Å². The van der Waals surface area contributed by atoms with Crippen molar-refractivity contribution in [2.45, 2.75) is 32.7 Å². The lowest BCUT2D eigenvalue weighted by atomic mass is 10.1. The molecule has 0 fully saturated rings. The first-order chi connectivity index (χ1) is 11.5. The monoisotopic (exact) mass is 344 g/mol. The van der Waals surface area contributed by atoms with Gasteiger partial charge in [0.1, 0.15) is 0 Å². The highest BCUT2D eigenvalue weighted by Gasteiger charge is 2.09. The second-order valence-electron chi connectivity index (χ2n) is 5.71. The Balaban J connectivity index is 1.92. The van der Waals surface area contributed by atoms with Gasteiger partial charge in [-0.1, -0.05) is 30.7 Å². The molecule has 0 radical (unpaired) electrons. The Hall–Kier alpha value is -2.33. The molecule has 1 unspecified atom stereocenters. The van der Waals surface area contributed by atoms with E-state index in [4.69, 9.17) is 11.6 Å². The van der Waals surface area contributed by atoms with E-state index in [0.717, 1.165) is 12.0 Å². The Bertz CT molecular complexity index is 696. The molecular formula is C19H21ClN2O2. The number of nitrogens with one attached hydrogen (secondary N) is 2. The minimum Gasteiger partial charge on any atom is -0.350 e. The fourth-order valence-corrected chi connectivity index (χ4v) is 2.23. The Labute approximate surface area is 147 Å². The van der Waals surface area contributed by atoms with Crippen molar-refractivity contribution in [3.63, 3.8) is 0 Å². The largest absolute Gasteiger partial charge is 0.350 e. The van der Waals surface area contributed by atoms with Crippen molar-refractivity contribution < 1.29 is 9.59 Å². The number of hydrogen-bond acceptors (Lipinski definition) is 2. The molecule has 2 N–H and O–H groups in total. The van der Waals surface area contributed by atoms with E-state index >= 15 is 0 Å². The number of hydrogen-bond donors (Lipinski definition) is 2. The fraction of sp³-hybridized carbons (Fsp3) is 0.263. The molecular weight excluding hydrogens is 324 g/mol. The van der Waals surface area contributed by atoms with Gasteiger partial charge in [-0.3, -0.25) is 9.59 Å². The summed E-state index contributed by atoms with van der Waals surface area (Å²) in [6, 6.07) is 14.2. The summed E-state index contributed by atoms with van der Waals surface area (Å²) in [6.07, 6.45) is 1.15. The number of halogens is 1. The van der Waals surface area contributed by atoms with Gasteiger partial charge in [-0.15, -0.1) is 0 Å². The van der Waals surface area contributed by atoms with E-state index in [0.29, 0.717) is 16.3 Å². The molecule has 0 heterocycles. The average Bonchev–Trinajstić information content (AvgIpc) is 2.57. The number of benzene rings is 2. The van der Waals surface area contributed by atoms with E-state index in [9.17, 15) is 9.59 Å². The quantitative estimate of drug-likeness (QED) is 0.830. The maximum absolute atomic E-state index is 12.0. The molecule has 5 heteroatoms. The smallest absolute Gasteiger partial charge is 0.251 e. The number of carbonyl (C=O) groups excluding carboxylic acids is 2. The summed E-state index contributed by atoms with van der Waals surface area (Å²) in [7, 11) is 0. The molecule has 0 bridgehead atoms. The molecule has 0 saturated carbocycles. The minimum atomic E-state index is -0.117. The second-order valence-corrected chi connectivity index (χ2v) is 6.15. The van der Waals surface area contributed by atoms with Gasteiger partial charge in [-0.05, 0) is 55.3 Å². The Kier molecular flexibility index (Phi) is 6.38. The fourth-order valence-electron chi connectivity index (χ4n) is 2.11. The lowest BCUT2D eigenvalue weighted by Gasteiger charge is -2.12. The second kappa shape index (κ2) is 8.50. The molecule has 0 aliphatic heterocycles. The van der Waals surface area contributed by atoms with Crippen LogP contribution in [0.3, 0.4) is 0 Å². The van der Waals surface area contributed by atoms with Crippen LogP contribution in [0.4, 0.5) is 5.69 Å². The molecule has 24 heavy (non-hydrogen) atoms. The van der Waals surface area contributed by atoms with Gasteiger partial charge in [0.15, 0.2) is 0 Å². The van der Waals surface area contributed by atoms with E-state index < -0.39 is 0 Å². The summed E-state index contributed by atoms with van der Waals surface area (Å²) in [5.74, 6) is -0.225. The van der Waals surface area contributed by atoms with Crippen molar-refractivity contribution in [1.82, 2.24) is 5.32 Å². The molecule has 126 valence electrons. The van der Waals surface area contributed by atoms with Crippen molar-refractivity contribution in [2.75, 3.05) is 5.32 Å². The number of amides is 2. The topological polar surface area (TPSA) is 58.2 Å². The van der Waals surface area contributed by atoms with E-state index in [1.54, 1.807) is 36.4 Å². The Morgan fingerprint density at radius 2 is 1.67 bits per heavy atom. The van der Waals surface area contributed by atoms with Crippen LogP contribution in [0.5, 0.6) is 0 Å². The molecule has 4 nitrogen and oxygen atoms in total. The zero-order valence-electron chi connectivity index (χ0n) is 13.8. The first kappa shape index (κ1) is 18.0. The number of rotatable bonds is 6. The van der Waals surface area contributed by atoms with Crippen LogP contribution in [0.2, 0.25) is 5.02 Å². The van der Waals surface area contributed by atoms with Crippen LogP contribution in [0.1, 0.15) is 36.2 Å². The summed E-state index contributed by atoms with van der Waals surface area (Å²) >= 11 is 5.83. The molecule has 0 aromatic heterocycles. The molecule has 0 aliphatic rings.